The third kappa shape index (κ3) is 2.96. The second kappa shape index (κ2) is 7.04. The van der Waals surface area contributed by atoms with Gasteiger partial charge in [0.05, 0.1) is 0 Å². The van der Waals surface area contributed by atoms with Gasteiger partial charge in [-0.05, 0) is 75.9 Å². The molecule has 0 spiro atoms. The fourth-order valence-electron chi connectivity index (χ4n) is 4.20. The lowest BCUT2D eigenvalue weighted by atomic mass is 9.92. The Hall–Kier alpha value is -2.86. The predicted molar refractivity (Wildman–Crippen MR) is 119 cm³/mol. The van der Waals surface area contributed by atoms with Gasteiger partial charge in [-0.3, -0.25) is 0 Å². The van der Waals surface area contributed by atoms with Crippen molar-refractivity contribution in [2.75, 3.05) is 0 Å². The standard InChI is InChI=1S/C27H26/c1-5-18(2)27-25(17-15-22-11-7-9-13-26(22)27)20(4)23-16-14-21-10-6-8-12-24(21)19(23)3/h6-17H,5H2,1-4H3/b25-20-,27-18-. The summed E-state index contributed by atoms with van der Waals surface area (Å²) in [6, 6.07) is 26.5. The van der Waals surface area contributed by atoms with Crippen LogP contribution >= 0.6 is 0 Å². The highest BCUT2D eigenvalue weighted by molar-refractivity contribution is 5.91. The minimum absolute atomic E-state index is 1.06. The van der Waals surface area contributed by atoms with Crippen LogP contribution in [0.3, 0.4) is 0 Å². The minimum atomic E-state index is 1.06. The molecule has 0 saturated carbocycles. The van der Waals surface area contributed by atoms with Gasteiger partial charge in [0.2, 0.25) is 0 Å². The van der Waals surface area contributed by atoms with Crippen LogP contribution in [0.5, 0.6) is 0 Å². The zero-order chi connectivity index (χ0) is 19.0. The van der Waals surface area contributed by atoms with Crippen molar-refractivity contribution >= 4 is 32.7 Å². The van der Waals surface area contributed by atoms with Crippen LogP contribution in [-0.2, 0) is 0 Å². The average molecular weight is 351 g/mol. The maximum Gasteiger partial charge on any atom is -0.0106 e. The van der Waals surface area contributed by atoms with Crippen LogP contribution in [-0.4, -0.2) is 0 Å². The van der Waals surface area contributed by atoms with Crippen molar-refractivity contribution in [2.24, 2.45) is 0 Å². The van der Waals surface area contributed by atoms with E-state index in [4.69, 9.17) is 0 Å². The molecule has 0 aliphatic carbocycles. The number of hydrogen-bond acceptors (Lipinski definition) is 0. The maximum absolute atomic E-state index is 2.31. The quantitative estimate of drug-likeness (QED) is 0.410. The number of fused-ring (bicyclic) bond motifs is 2. The normalized spacial score (nSPS) is 13.8. The molecule has 134 valence electrons. The van der Waals surface area contributed by atoms with Gasteiger partial charge in [-0.15, -0.1) is 0 Å². The monoisotopic (exact) mass is 350 g/mol. The molecule has 27 heavy (non-hydrogen) atoms. The second-order valence-corrected chi connectivity index (χ2v) is 7.43. The smallest absolute Gasteiger partial charge is 0.0106 e. The molecule has 0 unspecified atom stereocenters. The van der Waals surface area contributed by atoms with E-state index in [1.807, 2.05) is 0 Å². The number of benzene rings is 4. The molecule has 0 heterocycles. The highest BCUT2D eigenvalue weighted by atomic mass is 14.1. The Morgan fingerprint density at radius 2 is 1.30 bits per heavy atom. The molecule has 0 saturated heterocycles. The maximum atomic E-state index is 2.31. The summed E-state index contributed by atoms with van der Waals surface area (Å²) in [5, 5.41) is 8.07. The first kappa shape index (κ1) is 17.5. The van der Waals surface area contributed by atoms with Crippen molar-refractivity contribution in [1.29, 1.82) is 0 Å². The lowest BCUT2D eigenvalue weighted by Crippen LogP contribution is -2.29. The first-order valence-corrected chi connectivity index (χ1v) is 9.79. The zero-order valence-corrected chi connectivity index (χ0v) is 16.6. The van der Waals surface area contributed by atoms with Crippen molar-refractivity contribution in [3.8, 4) is 0 Å². The Kier molecular flexibility index (Phi) is 4.58. The van der Waals surface area contributed by atoms with E-state index in [0.717, 1.165) is 6.42 Å². The van der Waals surface area contributed by atoms with E-state index < -0.39 is 0 Å². The van der Waals surface area contributed by atoms with Crippen molar-refractivity contribution in [2.45, 2.75) is 34.1 Å². The third-order valence-corrected chi connectivity index (χ3v) is 5.89. The van der Waals surface area contributed by atoms with Gasteiger partial charge in [-0.25, -0.2) is 0 Å². The molecule has 0 aromatic heterocycles. The van der Waals surface area contributed by atoms with E-state index in [9.17, 15) is 0 Å². The summed E-state index contributed by atoms with van der Waals surface area (Å²) in [6.45, 7) is 9.04. The van der Waals surface area contributed by atoms with Gasteiger partial charge in [0.1, 0.15) is 0 Å². The molecular weight excluding hydrogens is 324 g/mol. The van der Waals surface area contributed by atoms with Gasteiger partial charge in [0.15, 0.2) is 0 Å². The van der Waals surface area contributed by atoms with E-state index >= 15 is 0 Å². The molecule has 0 amide bonds. The summed E-state index contributed by atoms with van der Waals surface area (Å²) in [5.74, 6) is 0. The fourth-order valence-corrected chi connectivity index (χ4v) is 4.20. The van der Waals surface area contributed by atoms with E-state index in [1.165, 1.54) is 54.3 Å². The fraction of sp³-hybridized carbons (Fsp3) is 0.185. The van der Waals surface area contributed by atoms with Crippen LogP contribution in [0.2, 0.25) is 0 Å². The lowest BCUT2D eigenvalue weighted by Gasteiger charge is -2.12. The van der Waals surface area contributed by atoms with Crippen molar-refractivity contribution < 1.29 is 0 Å². The molecule has 0 heteroatoms. The minimum Gasteiger partial charge on any atom is -0.0651 e. The highest BCUT2D eigenvalue weighted by Gasteiger charge is 2.08. The number of aryl methyl sites for hydroxylation is 1. The molecule has 4 rings (SSSR count). The first-order chi connectivity index (χ1) is 13.1. The van der Waals surface area contributed by atoms with Gasteiger partial charge in [0.25, 0.3) is 0 Å². The molecule has 0 fully saturated rings. The molecule has 0 atom stereocenters. The molecule has 0 nitrogen and oxygen atoms in total. The van der Waals surface area contributed by atoms with Gasteiger partial charge in [-0.1, -0.05) is 85.3 Å². The van der Waals surface area contributed by atoms with Crippen molar-refractivity contribution in [3.63, 3.8) is 0 Å². The SMILES string of the molecule is CC/C(C)=c1/c(=C(/C)c2ccc3ccccc3c2C)ccc2ccccc12. The molecule has 0 radical (unpaired) electrons. The van der Waals surface area contributed by atoms with Crippen molar-refractivity contribution in [1.82, 2.24) is 0 Å². The molecule has 0 N–H and O–H groups in total. The second-order valence-electron chi connectivity index (χ2n) is 7.43. The average Bonchev–Trinajstić information content (AvgIpc) is 2.72. The summed E-state index contributed by atoms with van der Waals surface area (Å²) in [4.78, 5) is 0. The van der Waals surface area contributed by atoms with Crippen LogP contribution in [0.25, 0.3) is 32.7 Å². The first-order valence-electron chi connectivity index (χ1n) is 9.79. The van der Waals surface area contributed by atoms with Crippen LogP contribution in [0.15, 0.2) is 72.8 Å². The largest absolute Gasteiger partial charge is 0.0651 e. The summed E-state index contributed by atoms with van der Waals surface area (Å²) in [5.41, 5.74) is 5.50. The van der Waals surface area contributed by atoms with Crippen LogP contribution in [0.1, 0.15) is 38.3 Å². The summed E-state index contributed by atoms with van der Waals surface area (Å²) in [7, 11) is 0. The molecule has 4 aromatic rings. The molecule has 0 aliphatic rings. The Labute approximate surface area is 161 Å². The number of hydrogen-bond donors (Lipinski definition) is 0. The molecule has 0 bridgehead atoms. The molecule has 0 aliphatic heterocycles. The van der Waals surface area contributed by atoms with E-state index in [2.05, 4.69) is 100 Å². The van der Waals surface area contributed by atoms with Crippen LogP contribution in [0, 0.1) is 6.92 Å². The zero-order valence-electron chi connectivity index (χ0n) is 16.6. The van der Waals surface area contributed by atoms with Crippen LogP contribution < -0.4 is 10.4 Å². The summed E-state index contributed by atoms with van der Waals surface area (Å²) in [6.07, 6.45) is 1.06. The Morgan fingerprint density at radius 1 is 0.704 bits per heavy atom. The summed E-state index contributed by atoms with van der Waals surface area (Å²) < 4.78 is 0. The van der Waals surface area contributed by atoms with Gasteiger partial charge in [0, 0.05) is 0 Å². The van der Waals surface area contributed by atoms with E-state index in [0.29, 0.717) is 0 Å². The van der Waals surface area contributed by atoms with E-state index in [-0.39, 0.29) is 0 Å². The predicted octanol–water partition coefficient (Wildman–Crippen LogP) is 6.10. The van der Waals surface area contributed by atoms with E-state index in [1.54, 1.807) is 0 Å². The van der Waals surface area contributed by atoms with Gasteiger partial charge < -0.3 is 0 Å². The van der Waals surface area contributed by atoms with Gasteiger partial charge >= 0.3 is 0 Å². The molecule has 4 aromatic carbocycles. The lowest BCUT2D eigenvalue weighted by molar-refractivity contribution is 1.20. The summed E-state index contributed by atoms with van der Waals surface area (Å²) >= 11 is 0. The molecular formula is C27H26. The number of rotatable bonds is 2. The van der Waals surface area contributed by atoms with Crippen LogP contribution in [0.4, 0.5) is 0 Å². The van der Waals surface area contributed by atoms with Crippen molar-refractivity contribution in [3.05, 3.63) is 94.4 Å². The Morgan fingerprint density at radius 3 is 2.00 bits per heavy atom. The Balaban J connectivity index is 2.16. The topological polar surface area (TPSA) is 0 Å². The highest BCUT2D eigenvalue weighted by Crippen LogP contribution is 2.25. The Bertz CT molecular complexity index is 1270. The third-order valence-electron chi connectivity index (χ3n) is 5.89. The van der Waals surface area contributed by atoms with Gasteiger partial charge in [-0.2, -0.15) is 0 Å².